The molecule has 4 nitrogen and oxygen atoms in total. The monoisotopic (exact) mass is 374 g/mol. The summed E-state index contributed by atoms with van der Waals surface area (Å²) in [5.74, 6) is 1.91. The summed E-state index contributed by atoms with van der Waals surface area (Å²) < 4.78 is 26.4. The van der Waals surface area contributed by atoms with Gasteiger partial charge < -0.3 is 4.90 Å². The third-order valence-corrected chi connectivity index (χ3v) is 8.89. The maximum absolute atomic E-state index is 12.4. The molecule has 2 aliphatic carbocycles. The third-order valence-electron chi connectivity index (χ3n) is 7.76. The number of sulfonamides is 1. The molecule has 2 aliphatic heterocycles. The van der Waals surface area contributed by atoms with E-state index in [1.54, 1.807) is 4.31 Å². The van der Waals surface area contributed by atoms with Crippen LogP contribution in [-0.4, -0.2) is 45.2 Å². The molecule has 3 atom stereocenters. The summed E-state index contributed by atoms with van der Waals surface area (Å²) in [5.41, 5.74) is 3.44. The van der Waals surface area contributed by atoms with E-state index in [0.717, 1.165) is 49.5 Å². The van der Waals surface area contributed by atoms with Crippen molar-refractivity contribution in [1.82, 2.24) is 4.90 Å². The fourth-order valence-electron chi connectivity index (χ4n) is 6.40. The minimum atomic E-state index is -3.22. The van der Waals surface area contributed by atoms with Crippen molar-refractivity contribution in [3.05, 3.63) is 29.3 Å². The topological polar surface area (TPSA) is 40.6 Å². The van der Waals surface area contributed by atoms with Crippen LogP contribution in [0.3, 0.4) is 0 Å². The second kappa shape index (κ2) is 5.71. The van der Waals surface area contributed by atoms with E-state index < -0.39 is 10.0 Å². The molecule has 5 heteroatoms. The maximum atomic E-state index is 12.4. The summed E-state index contributed by atoms with van der Waals surface area (Å²) in [6, 6.07) is 7.10. The molecule has 0 aromatic heterocycles. The number of anilines is 1. The van der Waals surface area contributed by atoms with Crippen molar-refractivity contribution in [2.75, 3.05) is 30.2 Å². The number of hydrogen-bond acceptors (Lipinski definition) is 3. The second-order valence-electron chi connectivity index (χ2n) is 9.35. The lowest BCUT2D eigenvalue weighted by molar-refractivity contribution is 0.0881. The summed E-state index contributed by atoms with van der Waals surface area (Å²) in [4.78, 5) is 2.74. The molecular formula is C21H30N2O2S. The molecule has 5 rings (SSSR count). The predicted octanol–water partition coefficient (Wildman–Crippen LogP) is 3.30. The molecule has 2 heterocycles. The van der Waals surface area contributed by atoms with Crippen LogP contribution in [0.25, 0.3) is 0 Å². The van der Waals surface area contributed by atoms with E-state index in [2.05, 4.69) is 17.9 Å². The predicted molar refractivity (Wildman–Crippen MR) is 105 cm³/mol. The Morgan fingerprint density at radius 3 is 2.50 bits per heavy atom. The van der Waals surface area contributed by atoms with Crippen LogP contribution in [0.5, 0.6) is 0 Å². The van der Waals surface area contributed by atoms with Crippen LogP contribution in [0.4, 0.5) is 5.69 Å². The van der Waals surface area contributed by atoms with Crippen LogP contribution in [0.2, 0.25) is 0 Å². The zero-order valence-electron chi connectivity index (χ0n) is 15.9. The zero-order chi connectivity index (χ0) is 18.1. The van der Waals surface area contributed by atoms with Gasteiger partial charge in [0.25, 0.3) is 0 Å². The summed E-state index contributed by atoms with van der Waals surface area (Å²) >= 11 is 0. The lowest BCUT2D eigenvalue weighted by Crippen LogP contribution is -2.50. The number of rotatable bonds is 2. The Morgan fingerprint density at radius 1 is 1.12 bits per heavy atom. The molecule has 3 unspecified atom stereocenters. The number of benzene rings is 1. The highest BCUT2D eigenvalue weighted by Gasteiger charge is 2.49. The minimum Gasteiger partial charge on any atom is -0.300 e. The van der Waals surface area contributed by atoms with Gasteiger partial charge in [0.15, 0.2) is 0 Å². The average molecular weight is 375 g/mol. The Balaban J connectivity index is 1.41. The van der Waals surface area contributed by atoms with Gasteiger partial charge >= 0.3 is 0 Å². The summed E-state index contributed by atoms with van der Waals surface area (Å²) in [7, 11) is -3.22. The van der Waals surface area contributed by atoms with Gasteiger partial charge in [0.05, 0.1) is 11.9 Å². The molecule has 1 aromatic carbocycles. The van der Waals surface area contributed by atoms with Crippen molar-refractivity contribution in [1.29, 1.82) is 0 Å². The Bertz CT molecular complexity index is 826. The van der Waals surface area contributed by atoms with Crippen molar-refractivity contribution in [3.63, 3.8) is 0 Å². The molecule has 142 valence electrons. The van der Waals surface area contributed by atoms with Gasteiger partial charge in [-0.2, -0.15) is 0 Å². The number of nitrogens with zero attached hydrogens (tertiary/aromatic N) is 2. The summed E-state index contributed by atoms with van der Waals surface area (Å²) in [5, 5.41) is 0. The van der Waals surface area contributed by atoms with E-state index in [9.17, 15) is 8.42 Å². The molecule has 2 saturated carbocycles. The molecule has 4 aliphatic rings. The van der Waals surface area contributed by atoms with Gasteiger partial charge in [0.1, 0.15) is 0 Å². The second-order valence-corrected chi connectivity index (χ2v) is 11.3. The quantitative estimate of drug-likeness (QED) is 0.797. The van der Waals surface area contributed by atoms with Crippen LogP contribution in [-0.2, 0) is 15.4 Å². The first-order valence-electron chi connectivity index (χ1n) is 10.2. The van der Waals surface area contributed by atoms with Gasteiger partial charge in [-0.15, -0.1) is 0 Å². The highest BCUT2D eigenvalue weighted by atomic mass is 32.2. The molecule has 1 spiro atoms. The van der Waals surface area contributed by atoms with Gasteiger partial charge in [-0.1, -0.05) is 24.1 Å². The lowest BCUT2D eigenvalue weighted by atomic mass is 9.73. The van der Waals surface area contributed by atoms with Crippen LogP contribution >= 0.6 is 0 Å². The van der Waals surface area contributed by atoms with E-state index in [0.29, 0.717) is 6.54 Å². The van der Waals surface area contributed by atoms with E-state index in [1.165, 1.54) is 43.1 Å². The van der Waals surface area contributed by atoms with E-state index in [4.69, 9.17) is 0 Å². The highest BCUT2D eigenvalue weighted by molar-refractivity contribution is 7.92. The van der Waals surface area contributed by atoms with Crippen molar-refractivity contribution < 1.29 is 8.42 Å². The largest absolute Gasteiger partial charge is 0.300 e. The number of aryl methyl sites for hydroxylation is 1. The van der Waals surface area contributed by atoms with Gasteiger partial charge in [0, 0.05) is 18.0 Å². The van der Waals surface area contributed by atoms with E-state index in [-0.39, 0.29) is 5.41 Å². The third kappa shape index (κ3) is 2.54. The van der Waals surface area contributed by atoms with E-state index >= 15 is 0 Å². The van der Waals surface area contributed by atoms with Crippen molar-refractivity contribution >= 4 is 15.7 Å². The van der Waals surface area contributed by atoms with Gasteiger partial charge in [-0.3, -0.25) is 4.31 Å². The fourth-order valence-corrected chi connectivity index (χ4v) is 7.40. The fraction of sp³-hybridized carbons (Fsp3) is 0.714. The summed E-state index contributed by atoms with van der Waals surface area (Å²) in [6.45, 7) is 4.99. The minimum absolute atomic E-state index is 0.0125. The van der Waals surface area contributed by atoms with E-state index in [1.807, 2.05) is 12.1 Å². The molecule has 3 fully saturated rings. The summed E-state index contributed by atoms with van der Waals surface area (Å²) in [6.07, 6.45) is 9.27. The molecule has 2 bridgehead atoms. The number of hydrogen-bond donors (Lipinski definition) is 0. The first-order valence-corrected chi connectivity index (χ1v) is 12.0. The van der Waals surface area contributed by atoms with Gasteiger partial charge in [-0.05, 0) is 75.6 Å². The van der Waals surface area contributed by atoms with Gasteiger partial charge in [0.2, 0.25) is 10.0 Å². The highest BCUT2D eigenvalue weighted by Crippen LogP contribution is 2.51. The molecule has 1 aromatic rings. The lowest BCUT2D eigenvalue weighted by Gasteiger charge is -2.44. The first-order chi connectivity index (χ1) is 12.4. The van der Waals surface area contributed by atoms with Crippen LogP contribution in [0.1, 0.15) is 49.7 Å². The normalized spacial score (nSPS) is 33.2. The number of likely N-dealkylation sites (tertiary alicyclic amines) is 1. The molecule has 0 amide bonds. The van der Waals surface area contributed by atoms with Crippen molar-refractivity contribution in [2.24, 2.45) is 11.8 Å². The van der Waals surface area contributed by atoms with Crippen molar-refractivity contribution in [3.8, 4) is 0 Å². The zero-order valence-corrected chi connectivity index (χ0v) is 16.8. The Labute approximate surface area is 157 Å². The van der Waals surface area contributed by atoms with Gasteiger partial charge in [-0.25, -0.2) is 8.42 Å². The van der Waals surface area contributed by atoms with Crippen molar-refractivity contribution in [2.45, 2.75) is 56.9 Å². The van der Waals surface area contributed by atoms with Crippen LogP contribution < -0.4 is 4.31 Å². The Morgan fingerprint density at radius 2 is 1.88 bits per heavy atom. The smallest absolute Gasteiger partial charge is 0.232 e. The molecular weight excluding hydrogens is 344 g/mol. The first kappa shape index (κ1) is 17.1. The molecule has 26 heavy (non-hydrogen) atoms. The van der Waals surface area contributed by atoms with Crippen LogP contribution in [0, 0.1) is 18.8 Å². The maximum Gasteiger partial charge on any atom is 0.232 e. The Hall–Kier alpha value is -1.07. The SMILES string of the molecule is Cc1ccc2c(c1)C1(CCN(C3CC4CCC3C4)CC1)CN2S(C)(=O)=O. The standard InChI is InChI=1S/C21H30N2O2S/c1-15-3-6-19-18(11-15)21(14-23(19)26(2,24)25)7-9-22(10-8-21)20-13-16-4-5-17(20)12-16/h3,6,11,16-17,20H,4-5,7-10,12-14H2,1-2H3. The Kier molecular flexibility index (Phi) is 3.75. The molecule has 0 N–H and O–H groups in total. The molecule has 0 radical (unpaired) electrons. The average Bonchev–Trinajstić information content (AvgIpc) is 3.29. The molecule has 1 saturated heterocycles. The number of fused-ring (bicyclic) bond motifs is 4. The number of piperidine rings is 1. The van der Waals surface area contributed by atoms with Crippen LogP contribution in [0.15, 0.2) is 18.2 Å².